The van der Waals surface area contributed by atoms with Gasteiger partial charge in [-0.15, -0.1) is 5.10 Å². The van der Waals surface area contributed by atoms with Crippen LogP contribution in [-0.4, -0.2) is 21.0 Å². The maximum Gasteiger partial charge on any atom is 0.323 e. The summed E-state index contributed by atoms with van der Waals surface area (Å²) in [5.41, 5.74) is 3.11. The maximum atomic E-state index is 12.2. The molecule has 6 nitrogen and oxygen atoms in total. The van der Waals surface area contributed by atoms with Crippen molar-refractivity contribution in [3.63, 3.8) is 0 Å². The van der Waals surface area contributed by atoms with Crippen molar-refractivity contribution >= 4 is 29.0 Å². The summed E-state index contributed by atoms with van der Waals surface area (Å²) >= 11 is 5.92. The lowest BCUT2D eigenvalue weighted by Crippen LogP contribution is -2.19. The van der Waals surface area contributed by atoms with Gasteiger partial charge in [-0.2, -0.15) is 0 Å². The van der Waals surface area contributed by atoms with Gasteiger partial charge in [-0.1, -0.05) is 42.8 Å². The maximum absolute atomic E-state index is 12.2. The molecule has 25 heavy (non-hydrogen) atoms. The first-order valence-electron chi connectivity index (χ1n) is 7.87. The van der Waals surface area contributed by atoms with Crippen molar-refractivity contribution < 1.29 is 4.79 Å². The van der Waals surface area contributed by atoms with Crippen LogP contribution in [0.25, 0.3) is 5.69 Å². The number of anilines is 2. The lowest BCUT2D eigenvalue weighted by Gasteiger charge is -2.11. The van der Waals surface area contributed by atoms with Crippen LogP contribution in [0.3, 0.4) is 0 Å². The van der Waals surface area contributed by atoms with Crippen LogP contribution in [0.1, 0.15) is 25.5 Å². The summed E-state index contributed by atoms with van der Waals surface area (Å²) in [4.78, 5) is 12.2. The Morgan fingerprint density at radius 2 is 1.76 bits per heavy atom. The first-order valence-corrected chi connectivity index (χ1v) is 8.25. The van der Waals surface area contributed by atoms with E-state index in [1.165, 1.54) is 0 Å². The second-order valence-corrected chi connectivity index (χ2v) is 6.30. The van der Waals surface area contributed by atoms with Crippen LogP contribution in [0.4, 0.5) is 16.2 Å². The van der Waals surface area contributed by atoms with Gasteiger partial charge in [0.2, 0.25) is 0 Å². The SMILES string of the molecule is CC(C)c1cnnn1-c1cccc(NC(=O)Nc2cccc(Cl)c2)c1. The van der Waals surface area contributed by atoms with Gasteiger partial charge in [-0.3, -0.25) is 0 Å². The standard InChI is InChI=1S/C18H18ClN5O/c1-12(2)17-11-20-23-24(17)16-8-4-7-15(10-16)22-18(25)21-14-6-3-5-13(19)9-14/h3-12H,1-2H3,(H2,21,22,25). The first-order chi connectivity index (χ1) is 12.0. The molecular formula is C18H18ClN5O. The minimum absolute atomic E-state index is 0.290. The molecule has 3 rings (SSSR count). The van der Waals surface area contributed by atoms with Crippen molar-refractivity contribution in [2.75, 3.05) is 10.6 Å². The van der Waals surface area contributed by atoms with Gasteiger partial charge >= 0.3 is 6.03 Å². The average molecular weight is 356 g/mol. The number of amides is 2. The normalized spacial score (nSPS) is 10.7. The Kier molecular flexibility index (Phi) is 5.00. The third-order valence-electron chi connectivity index (χ3n) is 3.60. The van der Waals surface area contributed by atoms with Crippen LogP contribution in [0, 0.1) is 0 Å². The van der Waals surface area contributed by atoms with Gasteiger partial charge in [0.15, 0.2) is 0 Å². The molecular weight excluding hydrogens is 338 g/mol. The van der Waals surface area contributed by atoms with E-state index in [1.807, 2.05) is 24.3 Å². The Hall–Kier alpha value is -2.86. The van der Waals surface area contributed by atoms with Crippen LogP contribution < -0.4 is 10.6 Å². The van der Waals surface area contributed by atoms with Gasteiger partial charge in [0, 0.05) is 16.4 Å². The predicted octanol–water partition coefficient (Wildman–Crippen LogP) is 4.69. The van der Waals surface area contributed by atoms with Crippen molar-refractivity contribution in [3.05, 3.63) is 65.4 Å². The Bertz CT molecular complexity index is 890. The summed E-state index contributed by atoms with van der Waals surface area (Å²) in [5.74, 6) is 0.290. The van der Waals surface area contributed by atoms with Gasteiger partial charge < -0.3 is 10.6 Å². The Morgan fingerprint density at radius 1 is 1.08 bits per heavy atom. The van der Waals surface area contributed by atoms with Crippen LogP contribution in [0.5, 0.6) is 0 Å². The lowest BCUT2D eigenvalue weighted by molar-refractivity contribution is 0.262. The second kappa shape index (κ2) is 7.36. The Balaban J connectivity index is 1.75. The van der Waals surface area contributed by atoms with Crippen molar-refractivity contribution in [1.29, 1.82) is 0 Å². The van der Waals surface area contributed by atoms with Crippen molar-refractivity contribution in [2.45, 2.75) is 19.8 Å². The fraction of sp³-hybridized carbons (Fsp3) is 0.167. The molecule has 0 aliphatic carbocycles. The average Bonchev–Trinajstić information content (AvgIpc) is 3.05. The van der Waals surface area contributed by atoms with Gasteiger partial charge in [-0.25, -0.2) is 9.48 Å². The number of halogens is 1. The Labute approximate surface area is 150 Å². The van der Waals surface area contributed by atoms with Crippen LogP contribution in [-0.2, 0) is 0 Å². The fourth-order valence-corrected chi connectivity index (χ4v) is 2.60. The highest BCUT2D eigenvalue weighted by molar-refractivity contribution is 6.30. The van der Waals surface area contributed by atoms with E-state index >= 15 is 0 Å². The molecule has 0 fully saturated rings. The number of aromatic nitrogens is 3. The number of hydrogen-bond acceptors (Lipinski definition) is 3. The molecule has 7 heteroatoms. The number of hydrogen-bond donors (Lipinski definition) is 2. The molecule has 2 aromatic carbocycles. The molecule has 1 aromatic heterocycles. The summed E-state index contributed by atoms with van der Waals surface area (Å²) in [6.45, 7) is 4.16. The van der Waals surface area contributed by atoms with Gasteiger partial charge in [0.05, 0.1) is 17.6 Å². The number of nitrogens with zero attached hydrogens (tertiary/aromatic N) is 3. The number of rotatable bonds is 4. The summed E-state index contributed by atoms with van der Waals surface area (Å²) in [7, 11) is 0. The number of carbonyl (C=O) groups excluding carboxylic acids is 1. The monoisotopic (exact) mass is 355 g/mol. The molecule has 3 aromatic rings. The van der Waals surface area contributed by atoms with E-state index in [9.17, 15) is 4.79 Å². The minimum atomic E-state index is -0.345. The molecule has 2 amide bonds. The zero-order valence-corrected chi connectivity index (χ0v) is 14.7. The first kappa shape index (κ1) is 17.0. The van der Waals surface area contributed by atoms with E-state index in [4.69, 9.17) is 11.6 Å². The fourth-order valence-electron chi connectivity index (χ4n) is 2.41. The highest BCUT2D eigenvalue weighted by atomic mass is 35.5. The summed E-state index contributed by atoms with van der Waals surface area (Å²) in [6.07, 6.45) is 1.75. The van der Waals surface area contributed by atoms with Crippen LogP contribution in [0.2, 0.25) is 5.02 Å². The van der Waals surface area contributed by atoms with Crippen LogP contribution >= 0.6 is 11.6 Å². The molecule has 128 valence electrons. The van der Waals surface area contributed by atoms with Gasteiger partial charge in [0.1, 0.15) is 0 Å². The van der Waals surface area contributed by atoms with Gasteiger partial charge in [0.25, 0.3) is 0 Å². The molecule has 0 saturated carbocycles. The van der Waals surface area contributed by atoms with Crippen molar-refractivity contribution in [2.24, 2.45) is 0 Å². The zero-order chi connectivity index (χ0) is 17.8. The molecule has 0 radical (unpaired) electrons. The molecule has 2 N–H and O–H groups in total. The number of carbonyl (C=O) groups is 1. The van der Waals surface area contributed by atoms with Crippen molar-refractivity contribution in [1.82, 2.24) is 15.0 Å². The predicted molar refractivity (Wildman–Crippen MR) is 99.5 cm³/mol. The third kappa shape index (κ3) is 4.16. The summed E-state index contributed by atoms with van der Waals surface area (Å²) in [6, 6.07) is 14.1. The Morgan fingerprint density at radius 3 is 2.44 bits per heavy atom. The number of benzene rings is 2. The lowest BCUT2D eigenvalue weighted by atomic mass is 10.1. The number of urea groups is 1. The van der Waals surface area contributed by atoms with E-state index in [-0.39, 0.29) is 11.9 Å². The topological polar surface area (TPSA) is 71.8 Å². The highest BCUT2D eigenvalue weighted by Crippen LogP contribution is 2.20. The summed E-state index contributed by atoms with van der Waals surface area (Å²) < 4.78 is 1.77. The van der Waals surface area contributed by atoms with E-state index in [2.05, 4.69) is 34.8 Å². The molecule has 0 spiro atoms. The quantitative estimate of drug-likeness (QED) is 0.713. The van der Waals surface area contributed by atoms with E-state index in [0.29, 0.717) is 16.4 Å². The van der Waals surface area contributed by atoms with E-state index in [1.54, 1.807) is 35.1 Å². The smallest absolute Gasteiger partial charge is 0.308 e. The largest absolute Gasteiger partial charge is 0.323 e. The number of nitrogens with one attached hydrogen (secondary N) is 2. The second-order valence-electron chi connectivity index (χ2n) is 5.87. The molecule has 0 aliphatic heterocycles. The molecule has 0 saturated heterocycles. The molecule has 1 heterocycles. The zero-order valence-electron chi connectivity index (χ0n) is 13.9. The highest BCUT2D eigenvalue weighted by Gasteiger charge is 2.11. The van der Waals surface area contributed by atoms with Gasteiger partial charge in [-0.05, 0) is 42.3 Å². The molecule has 0 unspecified atom stereocenters. The molecule has 0 atom stereocenters. The van der Waals surface area contributed by atoms with Crippen molar-refractivity contribution in [3.8, 4) is 5.69 Å². The van der Waals surface area contributed by atoms with E-state index < -0.39 is 0 Å². The molecule has 0 aliphatic rings. The molecule has 0 bridgehead atoms. The van der Waals surface area contributed by atoms with E-state index in [0.717, 1.165) is 11.4 Å². The minimum Gasteiger partial charge on any atom is -0.308 e. The summed E-state index contributed by atoms with van der Waals surface area (Å²) in [5, 5.41) is 14.2. The third-order valence-corrected chi connectivity index (χ3v) is 3.83. The van der Waals surface area contributed by atoms with Crippen LogP contribution in [0.15, 0.2) is 54.7 Å².